The third kappa shape index (κ3) is 6.33. The summed E-state index contributed by atoms with van der Waals surface area (Å²) in [6, 6.07) is 13.8. The largest absolute Gasteiger partial charge is 0.460 e. The molecule has 0 aliphatic rings. The van der Waals surface area contributed by atoms with E-state index < -0.39 is 11.9 Å². The van der Waals surface area contributed by atoms with E-state index in [9.17, 15) is 14.4 Å². The number of nitrogens with zero attached hydrogens (tertiary/aromatic N) is 1. The Labute approximate surface area is 166 Å². The first kappa shape index (κ1) is 21.3. The van der Waals surface area contributed by atoms with E-state index in [-0.39, 0.29) is 24.7 Å². The summed E-state index contributed by atoms with van der Waals surface area (Å²) in [5.41, 5.74) is 0.879. The standard InChI is InChI=1S/C20H19NO6S/c1-13(21-27-14(2)23)19(24)16-4-3-5-18(12-16)28-17-8-6-15(7-9-17)20(25)26-11-10-22/h3-9,12,22H,10-11H2,1-2H3. The number of ether oxygens (including phenoxy) is 1. The highest BCUT2D eigenvalue weighted by Crippen LogP contribution is 2.28. The lowest BCUT2D eigenvalue weighted by molar-refractivity contribution is -0.140. The van der Waals surface area contributed by atoms with Crippen LogP contribution >= 0.6 is 11.8 Å². The molecule has 0 radical (unpaired) electrons. The van der Waals surface area contributed by atoms with E-state index in [0.717, 1.165) is 9.79 Å². The van der Waals surface area contributed by atoms with Gasteiger partial charge in [0.1, 0.15) is 12.3 Å². The molecule has 0 aliphatic carbocycles. The summed E-state index contributed by atoms with van der Waals surface area (Å²) in [7, 11) is 0. The van der Waals surface area contributed by atoms with Crippen LogP contribution in [0.25, 0.3) is 0 Å². The van der Waals surface area contributed by atoms with E-state index in [2.05, 4.69) is 9.99 Å². The van der Waals surface area contributed by atoms with Crippen molar-refractivity contribution in [2.45, 2.75) is 23.6 Å². The number of benzene rings is 2. The maximum atomic E-state index is 12.4. The Morgan fingerprint density at radius 1 is 1.00 bits per heavy atom. The fraction of sp³-hybridized carbons (Fsp3) is 0.200. The van der Waals surface area contributed by atoms with Crippen molar-refractivity contribution in [2.75, 3.05) is 13.2 Å². The highest BCUT2D eigenvalue weighted by molar-refractivity contribution is 7.99. The molecule has 1 N–H and O–H groups in total. The van der Waals surface area contributed by atoms with Gasteiger partial charge in [0, 0.05) is 22.3 Å². The number of carbonyl (C=O) groups excluding carboxylic acids is 3. The van der Waals surface area contributed by atoms with E-state index >= 15 is 0 Å². The molecule has 0 atom stereocenters. The van der Waals surface area contributed by atoms with E-state index in [0.29, 0.717) is 11.1 Å². The number of rotatable bonds is 8. The van der Waals surface area contributed by atoms with Gasteiger partial charge in [0.2, 0.25) is 5.78 Å². The molecule has 8 heteroatoms. The minimum absolute atomic E-state index is 0.0453. The number of oxime groups is 1. The zero-order valence-corrected chi connectivity index (χ0v) is 16.2. The Kier molecular flexibility index (Phi) is 7.91. The second-order valence-electron chi connectivity index (χ2n) is 5.60. The van der Waals surface area contributed by atoms with Crippen molar-refractivity contribution in [2.24, 2.45) is 5.16 Å². The van der Waals surface area contributed by atoms with Crippen LogP contribution in [0.15, 0.2) is 63.5 Å². The van der Waals surface area contributed by atoms with Crippen LogP contribution in [0.3, 0.4) is 0 Å². The quantitative estimate of drug-likeness (QED) is 0.238. The molecule has 2 aromatic carbocycles. The maximum absolute atomic E-state index is 12.4. The van der Waals surface area contributed by atoms with Crippen molar-refractivity contribution >= 4 is 35.2 Å². The van der Waals surface area contributed by atoms with E-state index in [1.165, 1.54) is 25.6 Å². The fourth-order valence-electron chi connectivity index (χ4n) is 2.10. The molecule has 0 heterocycles. The Balaban J connectivity index is 2.08. The van der Waals surface area contributed by atoms with Gasteiger partial charge in [0.15, 0.2) is 0 Å². The average Bonchev–Trinajstić information content (AvgIpc) is 2.70. The van der Waals surface area contributed by atoms with Crippen molar-refractivity contribution in [1.82, 2.24) is 0 Å². The van der Waals surface area contributed by atoms with Crippen LogP contribution in [0.1, 0.15) is 34.6 Å². The van der Waals surface area contributed by atoms with Crippen molar-refractivity contribution in [1.29, 1.82) is 0 Å². The lowest BCUT2D eigenvalue weighted by Crippen LogP contribution is -2.11. The first-order chi connectivity index (χ1) is 13.4. The summed E-state index contributed by atoms with van der Waals surface area (Å²) in [5.74, 6) is -1.44. The monoisotopic (exact) mass is 401 g/mol. The smallest absolute Gasteiger partial charge is 0.338 e. The van der Waals surface area contributed by atoms with Crippen molar-refractivity contribution < 1.29 is 29.1 Å². The molecule has 146 valence electrons. The predicted molar refractivity (Wildman–Crippen MR) is 104 cm³/mol. The van der Waals surface area contributed by atoms with Crippen LogP contribution in [0.4, 0.5) is 0 Å². The zero-order chi connectivity index (χ0) is 20.5. The van der Waals surface area contributed by atoms with Gasteiger partial charge in [-0.1, -0.05) is 29.1 Å². The van der Waals surface area contributed by atoms with Gasteiger partial charge in [-0.05, 0) is 43.3 Å². The van der Waals surface area contributed by atoms with Crippen LogP contribution in [-0.4, -0.2) is 41.8 Å². The highest BCUT2D eigenvalue weighted by Gasteiger charge is 2.12. The molecule has 28 heavy (non-hydrogen) atoms. The van der Waals surface area contributed by atoms with Crippen LogP contribution in [0.5, 0.6) is 0 Å². The third-order valence-electron chi connectivity index (χ3n) is 3.39. The SMILES string of the molecule is CC(=O)ON=C(C)C(=O)c1cccc(Sc2ccc(C(=O)OCCO)cc2)c1. The number of aliphatic hydroxyl groups is 1. The number of aliphatic hydroxyl groups excluding tert-OH is 1. The first-order valence-corrected chi connectivity index (χ1v) is 9.15. The predicted octanol–water partition coefficient (Wildman–Crippen LogP) is 3.11. The molecule has 2 aromatic rings. The summed E-state index contributed by atoms with van der Waals surface area (Å²) in [6.45, 7) is 2.41. The summed E-state index contributed by atoms with van der Waals surface area (Å²) in [5, 5.41) is 12.2. The van der Waals surface area contributed by atoms with Crippen LogP contribution in [0.2, 0.25) is 0 Å². The molecule has 0 amide bonds. The molecule has 0 fully saturated rings. The van der Waals surface area contributed by atoms with Gasteiger partial charge >= 0.3 is 11.9 Å². The summed E-state index contributed by atoms with van der Waals surface area (Å²) in [4.78, 5) is 41.1. The second kappa shape index (κ2) is 10.4. The topological polar surface area (TPSA) is 102 Å². The number of ketones is 1. The Morgan fingerprint density at radius 3 is 2.36 bits per heavy atom. The number of carbonyl (C=O) groups is 3. The molecule has 0 unspecified atom stereocenters. The van der Waals surface area contributed by atoms with E-state index in [4.69, 9.17) is 9.84 Å². The lowest BCUT2D eigenvalue weighted by Gasteiger charge is -2.06. The van der Waals surface area contributed by atoms with Gasteiger partial charge < -0.3 is 14.7 Å². The zero-order valence-electron chi connectivity index (χ0n) is 15.4. The minimum Gasteiger partial charge on any atom is -0.460 e. The molecular weight excluding hydrogens is 382 g/mol. The number of hydrogen-bond donors (Lipinski definition) is 1. The molecule has 0 saturated carbocycles. The average molecular weight is 401 g/mol. The van der Waals surface area contributed by atoms with Crippen molar-refractivity contribution in [3.63, 3.8) is 0 Å². The van der Waals surface area contributed by atoms with E-state index in [1.54, 1.807) is 42.5 Å². The van der Waals surface area contributed by atoms with Gasteiger partial charge in [0.05, 0.1) is 12.2 Å². The molecule has 2 rings (SSSR count). The molecule has 0 saturated heterocycles. The number of Topliss-reactive ketones (excluding diaryl/α,β-unsaturated/α-hetero) is 1. The molecule has 0 aromatic heterocycles. The van der Waals surface area contributed by atoms with Crippen LogP contribution in [0, 0.1) is 0 Å². The molecule has 0 spiro atoms. The molecular formula is C20H19NO6S. The number of esters is 1. The summed E-state index contributed by atoms with van der Waals surface area (Å²) >= 11 is 1.42. The van der Waals surface area contributed by atoms with Crippen LogP contribution < -0.4 is 0 Å². The normalized spacial score (nSPS) is 11.0. The summed E-state index contributed by atoms with van der Waals surface area (Å²) in [6.07, 6.45) is 0. The van der Waals surface area contributed by atoms with E-state index in [1.807, 2.05) is 6.07 Å². The molecule has 0 bridgehead atoms. The minimum atomic E-state index is -0.597. The van der Waals surface area contributed by atoms with Gasteiger partial charge in [-0.25, -0.2) is 9.59 Å². The first-order valence-electron chi connectivity index (χ1n) is 8.33. The Hall–Kier alpha value is -2.97. The molecule has 0 aliphatic heterocycles. The van der Waals surface area contributed by atoms with Crippen molar-refractivity contribution in [3.05, 3.63) is 59.7 Å². The highest BCUT2D eigenvalue weighted by atomic mass is 32.2. The number of hydrogen-bond acceptors (Lipinski definition) is 8. The van der Waals surface area contributed by atoms with Crippen LogP contribution in [-0.2, 0) is 14.4 Å². The summed E-state index contributed by atoms with van der Waals surface area (Å²) < 4.78 is 4.86. The maximum Gasteiger partial charge on any atom is 0.338 e. The Morgan fingerprint density at radius 2 is 1.71 bits per heavy atom. The van der Waals surface area contributed by atoms with Gasteiger partial charge in [-0.2, -0.15) is 0 Å². The Bertz CT molecular complexity index is 892. The van der Waals surface area contributed by atoms with Gasteiger partial charge in [-0.15, -0.1) is 0 Å². The second-order valence-corrected chi connectivity index (χ2v) is 6.75. The van der Waals surface area contributed by atoms with Gasteiger partial charge in [-0.3, -0.25) is 4.79 Å². The lowest BCUT2D eigenvalue weighted by atomic mass is 10.1. The molecule has 7 nitrogen and oxygen atoms in total. The third-order valence-corrected chi connectivity index (χ3v) is 4.38. The van der Waals surface area contributed by atoms with Gasteiger partial charge in [0.25, 0.3) is 0 Å². The fourth-order valence-corrected chi connectivity index (χ4v) is 2.98. The van der Waals surface area contributed by atoms with Crippen molar-refractivity contribution in [3.8, 4) is 0 Å².